The predicted octanol–water partition coefficient (Wildman–Crippen LogP) is 8.84. The van der Waals surface area contributed by atoms with E-state index < -0.39 is 111 Å². The molecule has 6 aromatic carbocycles. The van der Waals surface area contributed by atoms with Gasteiger partial charge in [0, 0.05) is 12.7 Å². The maximum Gasteiger partial charge on any atom is 0.243 e. The van der Waals surface area contributed by atoms with E-state index in [1.807, 2.05) is 221 Å². The van der Waals surface area contributed by atoms with E-state index in [0.717, 1.165) is 27.9 Å². The molecule has 0 saturated carbocycles. The zero-order valence-electron chi connectivity index (χ0n) is 51.9. The van der Waals surface area contributed by atoms with Crippen LogP contribution in [0.3, 0.4) is 0 Å². The summed E-state index contributed by atoms with van der Waals surface area (Å²) in [5.74, 6) is -3.91. The summed E-state index contributed by atoms with van der Waals surface area (Å²) in [6.07, 6.45) is 3.49. The zero-order valence-corrected chi connectivity index (χ0v) is 51.9. The summed E-state index contributed by atoms with van der Waals surface area (Å²) in [7, 11) is 0. The van der Waals surface area contributed by atoms with Crippen LogP contribution in [-0.4, -0.2) is 137 Å². The molecule has 19 nitrogen and oxygen atoms in total. The molecule has 0 bridgehead atoms. The molecule has 2 aromatic heterocycles. The fourth-order valence-corrected chi connectivity index (χ4v) is 11.0. The number of carbonyl (C=O) groups excluding carboxylic acids is 7. The number of nitrogens with zero attached hydrogens (tertiary/aromatic N) is 10. The highest BCUT2D eigenvalue weighted by atomic mass is 16.2. The Labute approximate surface area is 527 Å². The van der Waals surface area contributed by atoms with Gasteiger partial charge in [-0.1, -0.05) is 193 Å². The van der Waals surface area contributed by atoms with Crippen LogP contribution in [0.25, 0.3) is 0 Å². The topological polar surface area (TPSA) is 221 Å². The molecule has 90 heavy (non-hydrogen) atoms. The molecule has 0 aliphatic rings. The standard InChI is InChI=1S/C71H80N12O7/c1-51(57-27-13-7-14-28-57)78(45-65(72)84)67(86)47-80(53(3)59-31-17-9-18-32-59)69(88)49-82(55(5)61-35-21-11-22-36-61)71(90)50-83(56(6)62-37-23-12-24-38-62)70(89)48-81(54(4)60-33-19-10-20-34-60)68(87)46-79(52(2)58-29-15-8-16-30-58)66(85)42-73-41-64-44-77(76-75-64)43-63-39-25-26-40-74-63/h7-40,44,51-56,73H,41-43,45-50H2,1-6H3,(H2,72,84)/t51-,52-,53-,54-,55-,56-/m0/s1. The third-order valence-electron chi connectivity index (χ3n) is 16.5. The van der Waals surface area contributed by atoms with Gasteiger partial charge in [0.25, 0.3) is 0 Å². The first kappa shape index (κ1) is 65.8. The summed E-state index contributed by atoms with van der Waals surface area (Å²) in [5, 5.41) is 11.7. The van der Waals surface area contributed by atoms with Crippen LogP contribution in [0.1, 0.15) is 123 Å². The zero-order chi connectivity index (χ0) is 64.1. The number of hydrogen-bond acceptors (Lipinski definition) is 11. The maximum absolute atomic E-state index is 15.7. The Kier molecular flexibility index (Phi) is 23.5. The van der Waals surface area contributed by atoms with Gasteiger partial charge in [0.1, 0.15) is 32.7 Å². The number of primary amides is 1. The quantitative estimate of drug-likeness (QED) is 0.0433. The van der Waals surface area contributed by atoms with Crippen LogP contribution >= 0.6 is 0 Å². The molecule has 0 fully saturated rings. The van der Waals surface area contributed by atoms with Crippen LogP contribution in [0.5, 0.6) is 0 Å². The molecular formula is C71H80N12O7. The Balaban J connectivity index is 1.10. The number of hydrogen-bond donors (Lipinski definition) is 2. The molecule has 0 spiro atoms. The number of nitrogens with two attached hydrogens (primary N) is 1. The normalized spacial score (nSPS) is 13.1. The van der Waals surface area contributed by atoms with Crippen molar-refractivity contribution in [3.05, 3.63) is 257 Å². The smallest absolute Gasteiger partial charge is 0.243 e. The Morgan fingerprint density at radius 3 is 0.933 bits per heavy atom. The van der Waals surface area contributed by atoms with Crippen molar-refractivity contribution < 1.29 is 33.6 Å². The third kappa shape index (κ3) is 17.8. The first-order chi connectivity index (χ1) is 43.5. The fraction of sp³-hybridized carbons (Fsp3) is 0.296. The highest BCUT2D eigenvalue weighted by Gasteiger charge is 2.37. The molecule has 0 aliphatic heterocycles. The number of pyridine rings is 1. The van der Waals surface area contributed by atoms with Gasteiger partial charge in [0.2, 0.25) is 41.4 Å². The van der Waals surface area contributed by atoms with Crippen molar-refractivity contribution >= 4 is 41.4 Å². The fourth-order valence-electron chi connectivity index (χ4n) is 11.0. The summed E-state index contributed by atoms with van der Waals surface area (Å²) in [6, 6.07) is 57.0. The van der Waals surface area contributed by atoms with Crippen LogP contribution in [0, 0.1) is 0 Å². The third-order valence-corrected chi connectivity index (χ3v) is 16.5. The van der Waals surface area contributed by atoms with Crippen LogP contribution in [0.2, 0.25) is 0 Å². The molecule has 8 rings (SSSR count). The molecule has 0 radical (unpaired) electrons. The molecule has 0 unspecified atom stereocenters. The minimum absolute atomic E-state index is 0.157. The van der Waals surface area contributed by atoms with Gasteiger partial charge in [-0.15, -0.1) is 5.10 Å². The van der Waals surface area contributed by atoms with Crippen molar-refractivity contribution in [3.8, 4) is 0 Å². The van der Waals surface area contributed by atoms with Gasteiger partial charge >= 0.3 is 0 Å². The predicted molar refractivity (Wildman–Crippen MR) is 344 cm³/mol. The van der Waals surface area contributed by atoms with Gasteiger partial charge in [0.05, 0.1) is 73.5 Å². The molecule has 0 saturated heterocycles. The number of amides is 7. The molecule has 3 N–H and O–H groups in total. The largest absolute Gasteiger partial charge is 0.368 e. The summed E-state index contributed by atoms with van der Waals surface area (Å²) in [5.41, 5.74) is 11.6. The van der Waals surface area contributed by atoms with Crippen LogP contribution < -0.4 is 11.1 Å². The summed E-state index contributed by atoms with van der Waals surface area (Å²) in [6.45, 7) is 8.49. The number of rotatable bonds is 30. The number of carbonyl (C=O) groups is 7. The van der Waals surface area contributed by atoms with E-state index in [-0.39, 0.29) is 19.0 Å². The maximum atomic E-state index is 15.7. The average molecular weight is 1210 g/mol. The van der Waals surface area contributed by atoms with Gasteiger partial charge in [-0.05, 0) is 87.1 Å². The monoisotopic (exact) mass is 1210 g/mol. The van der Waals surface area contributed by atoms with Crippen molar-refractivity contribution in [1.82, 2.24) is 54.7 Å². The van der Waals surface area contributed by atoms with E-state index in [2.05, 4.69) is 20.6 Å². The highest BCUT2D eigenvalue weighted by molar-refractivity contribution is 5.93. The van der Waals surface area contributed by atoms with Crippen molar-refractivity contribution in [2.45, 2.75) is 90.9 Å². The Morgan fingerprint density at radius 1 is 0.378 bits per heavy atom. The lowest BCUT2D eigenvalue weighted by molar-refractivity contribution is -0.152. The van der Waals surface area contributed by atoms with Crippen LogP contribution in [0.4, 0.5) is 0 Å². The van der Waals surface area contributed by atoms with Gasteiger partial charge in [-0.25, -0.2) is 4.68 Å². The lowest BCUT2D eigenvalue weighted by atomic mass is 10.0. The molecule has 8 aromatic rings. The van der Waals surface area contributed by atoms with Gasteiger partial charge in [-0.2, -0.15) is 0 Å². The van der Waals surface area contributed by atoms with Gasteiger partial charge < -0.3 is 40.4 Å². The summed E-state index contributed by atoms with van der Waals surface area (Å²) < 4.78 is 1.67. The minimum Gasteiger partial charge on any atom is -0.368 e. The average Bonchev–Trinajstić information content (AvgIpc) is 4.23. The Hall–Kier alpha value is -10.1. The van der Waals surface area contributed by atoms with Crippen molar-refractivity contribution in [2.75, 3.05) is 45.8 Å². The van der Waals surface area contributed by atoms with E-state index in [4.69, 9.17) is 5.73 Å². The molecular weight excluding hydrogens is 1130 g/mol. The van der Waals surface area contributed by atoms with Crippen molar-refractivity contribution in [1.29, 1.82) is 0 Å². The summed E-state index contributed by atoms with van der Waals surface area (Å²) >= 11 is 0. The first-order valence-corrected chi connectivity index (χ1v) is 30.3. The lowest BCUT2D eigenvalue weighted by Gasteiger charge is -2.38. The van der Waals surface area contributed by atoms with E-state index in [1.54, 1.807) is 37.8 Å². The molecule has 6 atom stereocenters. The highest BCUT2D eigenvalue weighted by Crippen LogP contribution is 2.30. The molecule has 0 aliphatic carbocycles. The van der Waals surface area contributed by atoms with Gasteiger partial charge in [-0.3, -0.25) is 38.5 Å². The Bertz CT molecular complexity index is 3610. The second-order valence-corrected chi connectivity index (χ2v) is 22.4. The lowest BCUT2D eigenvalue weighted by Crippen LogP contribution is -2.53. The van der Waals surface area contributed by atoms with Crippen LogP contribution in [0.15, 0.2) is 213 Å². The van der Waals surface area contributed by atoms with E-state index >= 15 is 19.2 Å². The van der Waals surface area contributed by atoms with Crippen molar-refractivity contribution in [3.63, 3.8) is 0 Å². The summed E-state index contributed by atoms with van der Waals surface area (Å²) in [4.78, 5) is 117. The molecule has 2 heterocycles. The van der Waals surface area contributed by atoms with Gasteiger partial charge in [0.15, 0.2) is 0 Å². The van der Waals surface area contributed by atoms with E-state index in [0.29, 0.717) is 23.4 Å². The first-order valence-electron chi connectivity index (χ1n) is 30.3. The van der Waals surface area contributed by atoms with E-state index in [9.17, 15) is 14.4 Å². The van der Waals surface area contributed by atoms with E-state index in [1.165, 1.54) is 29.4 Å². The number of nitrogens with one attached hydrogen (secondary N) is 1. The number of benzene rings is 6. The minimum atomic E-state index is -0.745. The Morgan fingerprint density at radius 2 is 0.656 bits per heavy atom. The number of aromatic nitrogens is 4. The molecule has 466 valence electrons. The molecule has 19 heteroatoms. The van der Waals surface area contributed by atoms with Crippen molar-refractivity contribution in [2.24, 2.45) is 5.73 Å². The second kappa shape index (κ2) is 32.2. The van der Waals surface area contributed by atoms with Crippen LogP contribution in [-0.2, 0) is 46.7 Å². The molecule has 7 amide bonds. The second-order valence-electron chi connectivity index (χ2n) is 22.4. The SMILES string of the molecule is C[C@@H](c1ccccc1)N(CC(N)=O)C(=O)CN(C(=O)CN(C(=O)CN(C(=O)CN(C(=O)CN(C(=O)CNCc1cn(Cc2ccccn2)nn1)[C@@H](C)c1ccccc1)[C@@H](C)c1ccccc1)[C@@H](C)c1ccccc1)[C@@H](C)c1ccccc1)[C@@H](C)c1ccccc1.